The highest BCUT2D eigenvalue weighted by Crippen LogP contribution is 2.11. The van der Waals surface area contributed by atoms with E-state index >= 15 is 0 Å². The van der Waals surface area contributed by atoms with Crippen LogP contribution in [0, 0.1) is 0 Å². The smallest absolute Gasteiger partial charge is 0.309 e. The van der Waals surface area contributed by atoms with Gasteiger partial charge in [0, 0.05) is 12.4 Å². The van der Waals surface area contributed by atoms with Crippen LogP contribution in [-0.4, -0.2) is 39.1 Å². The number of hydrazine groups is 1. The average Bonchev–Trinajstić information content (AvgIpc) is 3.19. The summed E-state index contributed by atoms with van der Waals surface area (Å²) in [4.78, 5) is 37.0. The maximum Gasteiger partial charge on any atom is 0.350 e. The van der Waals surface area contributed by atoms with Gasteiger partial charge in [0.25, 0.3) is 15.9 Å². The Balaban J connectivity index is 1.40. The third kappa shape index (κ3) is 4.69. The molecule has 0 atom stereocenters. The molecule has 0 aliphatic carbocycles. The standard InChI is InChI=1S/C19H16N8O4S/c28-17(24-26-32(30,31)14-6-2-1-3-7-14)13-9-10-15(21-12-13)22-18-23-19(29)27(25-18)16-8-4-5-11-20-16/h1-12,26H,(H,24,28)(H2,21,22,23,25,29). The Labute approximate surface area is 181 Å². The Hall–Kier alpha value is -4.36. The SMILES string of the molecule is O=C(NNS(=O)(=O)c1ccccc1)c1ccc(Nc2nn(-c3ccccn3)c(=O)[nH]2)nc1. The average molecular weight is 452 g/mol. The minimum absolute atomic E-state index is 0.0112. The molecule has 4 rings (SSSR count). The molecule has 32 heavy (non-hydrogen) atoms. The van der Waals surface area contributed by atoms with E-state index in [4.69, 9.17) is 0 Å². The summed E-state index contributed by atoms with van der Waals surface area (Å²) in [5.74, 6) is 0.0745. The van der Waals surface area contributed by atoms with E-state index in [9.17, 15) is 18.0 Å². The Kier molecular flexibility index (Phi) is 5.74. The Morgan fingerprint density at radius 1 is 0.969 bits per heavy atom. The highest BCUT2D eigenvalue weighted by atomic mass is 32.2. The van der Waals surface area contributed by atoms with Crippen molar-refractivity contribution in [2.75, 3.05) is 5.32 Å². The third-order valence-corrected chi connectivity index (χ3v) is 5.37. The van der Waals surface area contributed by atoms with Gasteiger partial charge < -0.3 is 5.32 Å². The molecule has 0 saturated heterocycles. The van der Waals surface area contributed by atoms with E-state index in [0.717, 1.165) is 4.68 Å². The van der Waals surface area contributed by atoms with Crippen molar-refractivity contribution >= 4 is 27.7 Å². The molecule has 4 N–H and O–H groups in total. The minimum atomic E-state index is -3.90. The van der Waals surface area contributed by atoms with Gasteiger partial charge >= 0.3 is 5.69 Å². The van der Waals surface area contributed by atoms with E-state index in [0.29, 0.717) is 11.6 Å². The van der Waals surface area contributed by atoms with Gasteiger partial charge in [-0.1, -0.05) is 24.3 Å². The molecule has 0 saturated carbocycles. The van der Waals surface area contributed by atoms with Crippen LogP contribution in [-0.2, 0) is 10.0 Å². The zero-order valence-electron chi connectivity index (χ0n) is 16.3. The number of H-pyrrole nitrogens is 1. The van der Waals surface area contributed by atoms with Crippen LogP contribution in [0.2, 0.25) is 0 Å². The van der Waals surface area contributed by atoms with Gasteiger partial charge in [-0.2, -0.15) is 4.68 Å². The maximum absolute atomic E-state index is 12.2. The van der Waals surface area contributed by atoms with Gasteiger partial charge in [0.1, 0.15) is 5.82 Å². The second-order valence-electron chi connectivity index (χ2n) is 6.31. The van der Waals surface area contributed by atoms with E-state index in [-0.39, 0.29) is 16.4 Å². The normalized spacial score (nSPS) is 11.1. The summed E-state index contributed by atoms with van der Waals surface area (Å²) < 4.78 is 25.4. The van der Waals surface area contributed by atoms with Gasteiger partial charge in [-0.25, -0.2) is 23.2 Å². The van der Waals surface area contributed by atoms with Crippen LogP contribution in [0.3, 0.4) is 0 Å². The minimum Gasteiger partial charge on any atom is -0.309 e. The molecule has 13 heteroatoms. The lowest BCUT2D eigenvalue weighted by Crippen LogP contribution is -2.41. The molecule has 0 radical (unpaired) electrons. The molecule has 1 aromatic carbocycles. The van der Waals surface area contributed by atoms with E-state index < -0.39 is 21.6 Å². The highest BCUT2D eigenvalue weighted by Gasteiger charge is 2.15. The number of aromatic nitrogens is 5. The van der Waals surface area contributed by atoms with Crippen LogP contribution >= 0.6 is 0 Å². The fourth-order valence-corrected chi connectivity index (χ4v) is 3.44. The van der Waals surface area contributed by atoms with Gasteiger partial charge in [-0.05, 0) is 36.4 Å². The second kappa shape index (κ2) is 8.79. The number of benzene rings is 1. The summed E-state index contributed by atoms with van der Waals surface area (Å²) >= 11 is 0. The van der Waals surface area contributed by atoms with Crippen molar-refractivity contribution in [3.63, 3.8) is 0 Å². The van der Waals surface area contributed by atoms with Crippen molar-refractivity contribution in [1.82, 2.24) is 35.0 Å². The van der Waals surface area contributed by atoms with Crippen molar-refractivity contribution in [2.24, 2.45) is 0 Å². The first-order valence-electron chi connectivity index (χ1n) is 9.13. The first kappa shape index (κ1) is 20.9. The molecule has 0 aliphatic heterocycles. The quantitative estimate of drug-likeness (QED) is 0.298. The molecular formula is C19H16N8O4S. The number of nitrogens with zero attached hydrogens (tertiary/aromatic N) is 4. The number of rotatable bonds is 7. The van der Waals surface area contributed by atoms with Crippen molar-refractivity contribution in [3.8, 4) is 5.82 Å². The van der Waals surface area contributed by atoms with Gasteiger partial charge in [0.15, 0.2) is 5.82 Å². The monoisotopic (exact) mass is 452 g/mol. The van der Waals surface area contributed by atoms with E-state index in [2.05, 4.69) is 30.8 Å². The molecule has 1 amide bonds. The van der Waals surface area contributed by atoms with Crippen LogP contribution in [0.25, 0.3) is 5.82 Å². The second-order valence-corrected chi connectivity index (χ2v) is 7.99. The summed E-state index contributed by atoms with van der Waals surface area (Å²) in [7, 11) is -3.90. The van der Waals surface area contributed by atoms with Gasteiger partial charge in [0.05, 0.1) is 10.5 Å². The number of nitrogens with one attached hydrogen (secondary N) is 4. The zero-order valence-corrected chi connectivity index (χ0v) is 17.1. The van der Waals surface area contributed by atoms with Crippen molar-refractivity contribution in [2.45, 2.75) is 4.90 Å². The lowest BCUT2D eigenvalue weighted by Gasteiger charge is -2.08. The van der Waals surface area contributed by atoms with Crippen molar-refractivity contribution in [3.05, 3.63) is 89.1 Å². The molecule has 3 aromatic heterocycles. The van der Waals surface area contributed by atoms with Crippen LogP contribution in [0.4, 0.5) is 11.8 Å². The van der Waals surface area contributed by atoms with Gasteiger partial charge in [-0.15, -0.1) is 9.93 Å². The number of amides is 1. The summed E-state index contributed by atoms with van der Waals surface area (Å²) in [6, 6.07) is 15.6. The highest BCUT2D eigenvalue weighted by molar-refractivity contribution is 7.89. The molecule has 0 unspecified atom stereocenters. The van der Waals surface area contributed by atoms with Gasteiger partial charge in [0.2, 0.25) is 5.95 Å². The van der Waals surface area contributed by atoms with Crippen molar-refractivity contribution in [1.29, 1.82) is 0 Å². The number of anilines is 2. The van der Waals surface area contributed by atoms with E-state index in [1.807, 2.05) is 4.83 Å². The topological polar surface area (TPSA) is 164 Å². The van der Waals surface area contributed by atoms with E-state index in [1.54, 1.807) is 36.4 Å². The van der Waals surface area contributed by atoms with Crippen LogP contribution < -0.4 is 21.3 Å². The molecular weight excluding hydrogens is 436 g/mol. The molecule has 3 heterocycles. The summed E-state index contributed by atoms with van der Waals surface area (Å²) in [5.41, 5.74) is 1.75. The number of carbonyl (C=O) groups excluding carboxylic acids is 1. The molecule has 0 fully saturated rings. The Morgan fingerprint density at radius 2 is 1.75 bits per heavy atom. The lowest BCUT2D eigenvalue weighted by molar-refractivity contribution is 0.0945. The molecule has 4 aromatic rings. The predicted octanol–water partition coefficient (Wildman–Crippen LogP) is 0.717. The summed E-state index contributed by atoms with van der Waals surface area (Å²) in [6.07, 6.45) is 2.77. The maximum atomic E-state index is 12.2. The lowest BCUT2D eigenvalue weighted by atomic mass is 10.3. The molecule has 162 valence electrons. The summed E-state index contributed by atoms with van der Waals surface area (Å²) in [5, 5.41) is 6.91. The number of aromatic amines is 1. The third-order valence-electron chi connectivity index (χ3n) is 4.11. The van der Waals surface area contributed by atoms with Crippen LogP contribution in [0.1, 0.15) is 10.4 Å². The molecule has 0 aliphatic rings. The number of hydrogen-bond donors (Lipinski definition) is 4. The number of pyridine rings is 2. The molecule has 0 bridgehead atoms. The number of hydrogen-bond acceptors (Lipinski definition) is 8. The van der Waals surface area contributed by atoms with Crippen molar-refractivity contribution < 1.29 is 13.2 Å². The van der Waals surface area contributed by atoms with Crippen LogP contribution in [0.5, 0.6) is 0 Å². The molecule has 0 spiro atoms. The Morgan fingerprint density at radius 3 is 2.44 bits per heavy atom. The van der Waals surface area contributed by atoms with Crippen LogP contribution in [0.15, 0.2) is 82.7 Å². The number of sulfonamides is 1. The molecule has 12 nitrogen and oxygen atoms in total. The fourth-order valence-electron chi connectivity index (χ4n) is 2.58. The Bertz CT molecular complexity index is 1380. The first-order valence-corrected chi connectivity index (χ1v) is 10.6. The number of carbonyl (C=O) groups is 1. The largest absolute Gasteiger partial charge is 0.350 e. The van der Waals surface area contributed by atoms with E-state index in [1.165, 1.54) is 36.7 Å². The summed E-state index contributed by atoms with van der Waals surface area (Å²) in [6.45, 7) is 0. The first-order chi connectivity index (χ1) is 15.4. The predicted molar refractivity (Wildman–Crippen MR) is 114 cm³/mol. The fraction of sp³-hybridized carbons (Fsp3) is 0. The van der Waals surface area contributed by atoms with Gasteiger partial charge in [-0.3, -0.25) is 15.2 Å². The zero-order chi connectivity index (χ0) is 22.6.